The van der Waals surface area contributed by atoms with Crippen LogP contribution in [0.5, 0.6) is 17.2 Å². The van der Waals surface area contributed by atoms with Gasteiger partial charge in [-0.1, -0.05) is 17.7 Å². The fourth-order valence-electron chi connectivity index (χ4n) is 2.87. The molecule has 0 unspecified atom stereocenters. The molecule has 2 aromatic carbocycles. The largest absolute Gasteiger partial charge is 0.493 e. The molecule has 1 atom stereocenters. The molecule has 2 aromatic rings. The zero-order chi connectivity index (χ0) is 20.1. The number of hydrogen-bond acceptors (Lipinski definition) is 4. The second-order valence-electron chi connectivity index (χ2n) is 6.51. The van der Waals surface area contributed by atoms with Crippen molar-refractivity contribution in [1.82, 2.24) is 4.90 Å². The van der Waals surface area contributed by atoms with Crippen LogP contribution in [0.4, 0.5) is 0 Å². The van der Waals surface area contributed by atoms with Crippen LogP contribution >= 0.6 is 11.6 Å². The molecule has 27 heavy (non-hydrogen) atoms. The minimum atomic E-state index is -0.616. The highest BCUT2D eigenvalue weighted by atomic mass is 35.5. The maximum atomic E-state index is 12.7. The van der Waals surface area contributed by atoms with Crippen LogP contribution in [0.1, 0.15) is 23.6 Å². The van der Waals surface area contributed by atoms with Gasteiger partial charge in [0.1, 0.15) is 5.75 Å². The molecule has 0 aromatic heterocycles. The molecular weight excluding hydrogens is 366 g/mol. The number of nitrogens with zero attached hydrogens (tertiary/aromatic N) is 1. The molecule has 2 rings (SSSR count). The van der Waals surface area contributed by atoms with Gasteiger partial charge in [0.2, 0.25) is 0 Å². The number of aryl methyl sites for hydroxylation is 2. The summed E-state index contributed by atoms with van der Waals surface area (Å²) in [5.74, 6) is 1.80. The van der Waals surface area contributed by atoms with E-state index in [0.717, 1.165) is 16.7 Å². The second kappa shape index (κ2) is 9.00. The fourth-order valence-corrected chi connectivity index (χ4v) is 2.98. The Morgan fingerprint density at radius 3 is 2.22 bits per heavy atom. The molecule has 0 aliphatic rings. The summed E-state index contributed by atoms with van der Waals surface area (Å²) in [6.45, 7) is 6.01. The molecule has 0 aliphatic carbocycles. The second-order valence-corrected chi connectivity index (χ2v) is 6.89. The normalized spacial score (nSPS) is 11.7. The lowest BCUT2D eigenvalue weighted by molar-refractivity contribution is -0.137. The Labute approximate surface area is 165 Å². The summed E-state index contributed by atoms with van der Waals surface area (Å²) >= 11 is 6.19. The number of amides is 1. The predicted molar refractivity (Wildman–Crippen MR) is 107 cm³/mol. The third-order valence-corrected chi connectivity index (χ3v) is 4.91. The van der Waals surface area contributed by atoms with Crippen molar-refractivity contribution in [3.63, 3.8) is 0 Å². The van der Waals surface area contributed by atoms with Gasteiger partial charge in [0, 0.05) is 18.6 Å². The molecule has 1 amide bonds. The minimum absolute atomic E-state index is 0.116. The Kier molecular flexibility index (Phi) is 6.97. The first kappa shape index (κ1) is 20.9. The third kappa shape index (κ3) is 5.07. The molecule has 0 spiro atoms. The molecule has 5 nitrogen and oxygen atoms in total. The molecule has 0 saturated heterocycles. The maximum absolute atomic E-state index is 12.7. The van der Waals surface area contributed by atoms with Crippen molar-refractivity contribution in [2.24, 2.45) is 0 Å². The zero-order valence-electron chi connectivity index (χ0n) is 16.6. The Bertz CT molecular complexity index is 799. The van der Waals surface area contributed by atoms with Gasteiger partial charge in [-0.3, -0.25) is 4.79 Å². The molecule has 0 fully saturated rings. The summed E-state index contributed by atoms with van der Waals surface area (Å²) in [6.07, 6.45) is -0.616. The van der Waals surface area contributed by atoms with Crippen molar-refractivity contribution in [3.8, 4) is 17.2 Å². The Morgan fingerprint density at radius 1 is 1.07 bits per heavy atom. The van der Waals surface area contributed by atoms with E-state index in [4.69, 9.17) is 25.8 Å². The first-order valence-electron chi connectivity index (χ1n) is 8.66. The fraction of sp³-hybridized carbons (Fsp3) is 0.381. The van der Waals surface area contributed by atoms with Crippen LogP contribution < -0.4 is 14.2 Å². The number of carbonyl (C=O) groups excluding carboxylic acids is 1. The Morgan fingerprint density at radius 2 is 1.67 bits per heavy atom. The highest BCUT2D eigenvalue weighted by Crippen LogP contribution is 2.28. The number of benzene rings is 2. The van der Waals surface area contributed by atoms with Crippen LogP contribution in [-0.4, -0.2) is 38.2 Å². The highest BCUT2D eigenvalue weighted by Gasteiger charge is 2.20. The standard InChI is InChI=1S/C21H26ClNO4/c1-13-9-17(10-14(2)20(13)22)27-15(3)21(24)23(4)12-16-7-8-18(25-5)19(11-16)26-6/h7-11,15H,12H2,1-6H3/t15-/m0/s1. The SMILES string of the molecule is COc1ccc(CN(C)C(=O)[C@H](C)Oc2cc(C)c(Cl)c(C)c2)cc1OC. The number of rotatable bonds is 7. The Balaban J connectivity index is 2.06. The zero-order valence-corrected chi connectivity index (χ0v) is 17.4. The van der Waals surface area contributed by atoms with Gasteiger partial charge in [-0.15, -0.1) is 0 Å². The average Bonchev–Trinajstić information content (AvgIpc) is 2.65. The van der Waals surface area contributed by atoms with E-state index >= 15 is 0 Å². The van der Waals surface area contributed by atoms with Gasteiger partial charge in [-0.05, 0) is 61.7 Å². The lowest BCUT2D eigenvalue weighted by Crippen LogP contribution is -2.37. The summed E-state index contributed by atoms with van der Waals surface area (Å²) in [5.41, 5.74) is 2.78. The molecule has 146 valence electrons. The van der Waals surface area contributed by atoms with E-state index in [1.165, 1.54) is 0 Å². The monoisotopic (exact) mass is 391 g/mol. The molecule has 0 aliphatic heterocycles. The smallest absolute Gasteiger partial charge is 0.263 e. The van der Waals surface area contributed by atoms with E-state index in [2.05, 4.69) is 0 Å². The lowest BCUT2D eigenvalue weighted by Gasteiger charge is -2.23. The number of carbonyl (C=O) groups is 1. The van der Waals surface area contributed by atoms with Crippen LogP contribution in [0.3, 0.4) is 0 Å². The summed E-state index contributed by atoms with van der Waals surface area (Å²) in [4.78, 5) is 14.3. The summed E-state index contributed by atoms with van der Waals surface area (Å²) in [7, 11) is 4.92. The van der Waals surface area contributed by atoms with Gasteiger partial charge in [-0.25, -0.2) is 0 Å². The number of hydrogen-bond donors (Lipinski definition) is 0. The Hall–Kier alpha value is -2.40. The van der Waals surface area contributed by atoms with Crippen molar-refractivity contribution in [2.75, 3.05) is 21.3 Å². The van der Waals surface area contributed by atoms with E-state index in [-0.39, 0.29) is 5.91 Å². The minimum Gasteiger partial charge on any atom is -0.493 e. The third-order valence-electron chi connectivity index (χ3n) is 4.31. The van der Waals surface area contributed by atoms with Gasteiger partial charge in [0.25, 0.3) is 5.91 Å². The van der Waals surface area contributed by atoms with Gasteiger partial charge >= 0.3 is 0 Å². The summed E-state index contributed by atoms with van der Waals surface area (Å²) < 4.78 is 16.4. The number of likely N-dealkylation sites (N-methyl/N-ethyl adjacent to an activating group) is 1. The van der Waals surface area contributed by atoms with E-state index in [0.29, 0.717) is 28.8 Å². The molecule has 0 bridgehead atoms. The molecule has 0 saturated carbocycles. The first-order valence-corrected chi connectivity index (χ1v) is 9.04. The quantitative estimate of drug-likeness (QED) is 0.701. The van der Waals surface area contributed by atoms with Gasteiger partial charge in [0.15, 0.2) is 17.6 Å². The van der Waals surface area contributed by atoms with Crippen LogP contribution in [0.15, 0.2) is 30.3 Å². The molecule has 0 radical (unpaired) electrons. The van der Waals surface area contributed by atoms with E-state index in [1.54, 1.807) is 33.1 Å². The van der Waals surface area contributed by atoms with E-state index in [1.807, 2.05) is 44.2 Å². The van der Waals surface area contributed by atoms with Crippen LogP contribution in [0.25, 0.3) is 0 Å². The number of ether oxygens (including phenoxy) is 3. The van der Waals surface area contributed by atoms with E-state index in [9.17, 15) is 4.79 Å². The topological polar surface area (TPSA) is 48.0 Å². The number of halogens is 1. The van der Waals surface area contributed by atoms with Gasteiger partial charge in [-0.2, -0.15) is 0 Å². The van der Waals surface area contributed by atoms with Crippen molar-refractivity contribution in [3.05, 3.63) is 52.0 Å². The molecule has 0 N–H and O–H groups in total. The van der Waals surface area contributed by atoms with Crippen molar-refractivity contribution in [1.29, 1.82) is 0 Å². The van der Waals surface area contributed by atoms with Gasteiger partial charge < -0.3 is 19.1 Å². The summed E-state index contributed by atoms with van der Waals surface area (Å²) in [6, 6.07) is 9.27. The summed E-state index contributed by atoms with van der Waals surface area (Å²) in [5, 5.41) is 0.715. The van der Waals surface area contributed by atoms with Crippen molar-refractivity contribution < 1.29 is 19.0 Å². The number of methoxy groups -OCH3 is 2. The van der Waals surface area contributed by atoms with Crippen molar-refractivity contribution in [2.45, 2.75) is 33.4 Å². The lowest BCUT2D eigenvalue weighted by atomic mass is 10.1. The van der Waals surface area contributed by atoms with Crippen LogP contribution in [0, 0.1) is 13.8 Å². The van der Waals surface area contributed by atoms with Gasteiger partial charge in [0.05, 0.1) is 14.2 Å². The van der Waals surface area contributed by atoms with Crippen LogP contribution in [-0.2, 0) is 11.3 Å². The molecule has 6 heteroatoms. The van der Waals surface area contributed by atoms with Crippen LogP contribution in [0.2, 0.25) is 5.02 Å². The highest BCUT2D eigenvalue weighted by molar-refractivity contribution is 6.32. The maximum Gasteiger partial charge on any atom is 0.263 e. The predicted octanol–water partition coefficient (Wildman–Crippen LogP) is 4.40. The molecular formula is C21H26ClNO4. The van der Waals surface area contributed by atoms with E-state index < -0.39 is 6.10 Å². The average molecular weight is 392 g/mol. The van der Waals surface area contributed by atoms with Crippen molar-refractivity contribution >= 4 is 17.5 Å². The first-order chi connectivity index (χ1) is 12.8. The molecule has 0 heterocycles.